The molecule has 3 fully saturated rings. The van der Waals surface area contributed by atoms with Crippen LogP contribution in [0.4, 0.5) is 0 Å². The first-order valence-corrected chi connectivity index (χ1v) is 23.2. The van der Waals surface area contributed by atoms with E-state index in [1.165, 1.54) is 161 Å². The predicted octanol–water partition coefficient (Wildman–Crippen LogP) is 15.5. The molecule has 0 radical (unpaired) electrons. The van der Waals surface area contributed by atoms with Crippen molar-refractivity contribution in [2.75, 3.05) is 0 Å². The molecule has 4 aliphatic rings. The Morgan fingerprint density at radius 2 is 1.37 bits per heavy atom. The standard InChI is InChI=1S/C49H86O2/c1-7-8-9-10-11-12-13-14-15-16-17-18-19-20-21-22-23-24-25-29-47(50)51-42-34-36-48(5)41(38-42)30-31-43-45-33-32-44(40(4)28-26-27-39(2)3)49(45,6)37-35-46(43)48/h14-15,30,39-40,42-46H,7-13,16-29,31-38H2,1-6H3/b15-14-. The van der Waals surface area contributed by atoms with Gasteiger partial charge in [0.05, 0.1) is 0 Å². The van der Waals surface area contributed by atoms with Crippen LogP contribution in [0.15, 0.2) is 23.8 Å². The number of ether oxygens (including phenoxy) is 1. The fourth-order valence-electron chi connectivity index (χ4n) is 12.0. The zero-order chi connectivity index (χ0) is 36.5. The second kappa shape index (κ2) is 22.4. The van der Waals surface area contributed by atoms with Crippen LogP contribution in [0.1, 0.15) is 228 Å². The molecule has 0 spiro atoms. The Hall–Kier alpha value is -1.05. The van der Waals surface area contributed by atoms with Gasteiger partial charge in [-0.15, -0.1) is 0 Å². The smallest absolute Gasteiger partial charge is 0.306 e. The minimum atomic E-state index is 0.0619. The summed E-state index contributed by atoms with van der Waals surface area (Å²) < 4.78 is 6.15. The van der Waals surface area contributed by atoms with E-state index in [1.807, 2.05) is 0 Å². The van der Waals surface area contributed by atoms with E-state index in [1.54, 1.807) is 5.57 Å². The molecule has 3 saturated carbocycles. The van der Waals surface area contributed by atoms with E-state index < -0.39 is 0 Å². The van der Waals surface area contributed by atoms with Gasteiger partial charge >= 0.3 is 5.97 Å². The molecule has 294 valence electrons. The summed E-state index contributed by atoms with van der Waals surface area (Å²) in [5, 5.41) is 0. The molecule has 8 unspecified atom stereocenters. The van der Waals surface area contributed by atoms with E-state index in [9.17, 15) is 4.79 Å². The summed E-state index contributed by atoms with van der Waals surface area (Å²) in [4.78, 5) is 12.9. The summed E-state index contributed by atoms with van der Waals surface area (Å²) in [6.45, 7) is 15.0. The molecule has 4 aliphatic carbocycles. The van der Waals surface area contributed by atoms with E-state index in [0.29, 0.717) is 17.3 Å². The third-order valence-corrected chi connectivity index (χ3v) is 15.2. The van der Waals surface area contributed by atoms with Gasteiger partial charge in [-0.3, -0.25) is 4.79 Å². The number of unbranched alkanes of at least 4 members (excludes halogenated alkanes) is 15. The molecule has 0 bridgehead atoms. The predicted molar refractivity (Wildman–Crippen MR) is 221 cm³/mol. The highest BCUT2D eigenvalue weighted by atomic mass is 16.5. The van der Waals surface area contributed by atoms with Crippen LogP contribution >= 0.6 is 0 Å². The van der Waals surface area contributed by atoms with Crippen LogP contribution in [-0.2, 0) is 9.53 Å². The van der Waals surface area contributed by atoms with E-state index in [4.69, 9.17) is 4.74 Å². The van der Waals surface area contributed by atoms with E-state index in [-0.39, 0.29) is 12.1 Å². The molecule has 0 saturated heterocycles. The lowest BCUT2D eigenvalue weighted by Crippen LogP contribution is -2.51. The maximum atomic E-state index is 12.9. The van der Waals surface area contributed by atoms with Gasteiger partial charge in [-0.25, -0.2) is 0 Å². The lowest BCUT2D eigenvalue weighted by molar-refractivity contribution is -0.151. The third kappa shape index (κ3) is 12.8. The van der Waals surface area contributed by atoms with Crippen LogP contribution in [0.2, 0.25) is 0 Å². The van der Waals surface area contributed by atoms with Crippen LogP contribution in [-0.4, -0.2) is 12.1 Å². The van der Waals surface area contributed by atoms with Crippen molar-refractivity contribution >= 4 is 5.97 Å². The molecule has 0 aromatic rings. The number of allylic oxidation sites excluding steroid dienone is 3. The van der Waals surface area contributed by atoms with Crippen molar-refractivity contribution in [2.45, 2.75) is 234 Å². The van der Waals surface area contributed by atoms with Gasteiger partial charge < -0.3 is 4.74 Å². The number of fused-ring (bicyclic) bond motifs is 5. The van der Waals surface area contributed by atoms with Crippen molar-refractivity contribution in [3.05, 3.63) is 23.8 Å². The van der Waals surface area contributed by atoms with Crippen molar-refractivity contribution in [1.82, 2.24) is 0 Å². The highest BCUT2D eigenvalue weighted by Gasteiger charge is 2.59. The molecular formula is C49H86O2. The first-order valence-electron chi connectivity index (χ1n) is 23.2. The number of carbonyl (C=O) groups excluding carboxylic acids is 1. The number of esters is 1. The second-order valence-electron chi connectivity index (χ2n) is 19.4. The van der Waals surface area contributed by atoms with Crippen LogP contribution in [0, 0.1) is 46.3 Å². The van der Waals surface area contributed by atoms with Gasteiger partial charge in [-0.1, -0.05) is 162 Å². The molecule has 8 atom stereocenters. The monoisotopic (exact) mass is 707 g/mol. The third-order valence-electron chi connectivity index (χ3n) is 15.2. The number of hydrogen-bond donors (Lipinski definition) is 0. The largest absolute Gasteiger partial charge is 0.462 e. The molecule has 0 heterocycles. The van der Waals surface area contributed by atoms with Crippen molar-refractivity contribution in [1.29, 1.82) is 0 Å². The molecule has 0 aromatic carbocycles. The van der Waals surface area contributed by atoms with Crippen molar-refractivity contribution in [3.8, 4) is 0 Å². The molecule has 0 aliphatic heterocycles. The van der Waals surface area contributed by atoms with Crippen LogP contribution < -0.4 is 0 Å². The van der Waals surface area contributed by atoms with E-state index in [2.05, 4.69) is 59.8 Å². The number of rotatable bonds is 25. The molecule has 4 rings (SSSR count). The van der Waals surface area contributed by atoms with Crippen LogP contribution in [0.5, 0.6) is 0 Å². The van der Waals surface area contributed by atoms with Gasteiger partial charge in [0.15, 0.2) is 0 Å². The Bertz CT molecular complexity index is 1040. The fraction of sp³-hybridized carbons (Fsp3) is 0.898. The van der Waals surface area contributed by atoms with Gasteiger partial charge in [-0.05, 0) is 123 Å². The Labute approximate surface area is 318 Å². The van der Waals surface area contributed by atoms with Crippen LogP contribution in [0.25, 0.3) is 0 Å². The lowest BCUT2D eigenvalue weighted by Gasteiger charge is -2.58. The van der Waals surface area contributed by atoms with Gasteiger partial charge in [0.2, 0.25) is 0 Å². The fourth-order valence-corrected chi connectivity index (χ4v) is 12.0. The molecule has 51 heavy (non-hydrogen) atoms. The van der Waals surface area contributed by atoms with Gasteiger partial charge in [0.1, 0.15) is 6.10 Å². The van der Waals surface area contributed by atoms with Crippen molar-refractivity contribution < 1.29 is 9.53 Å². The average Bonchev–Trinajstić information content (AvgIpc) is 3.46. The van der Waals surface area contributed by atoms with E-state index >= 15 is 0 Å². The number of hydrogen-bond acceptors (Lipinski definition) is 2. The highest BCUT2D eigenvalue weighted by Crippen LogP contribution is 2.67. The topological polar surface area (TPSA) is 26.3 Å². The van der Waals surface area contributed by atoms with Gasteiger partial charge in [-0.2, -0.15) is 0 Å². The molecule has 2 nitrogen and oxygen atoms in total. The van der Waals surface area contributed by atoms with Gasteiger partial charge in [0.25, 0.3) is 0 Å². The Morgan fingerprint density at radius 3 is 2.02 bits per heavy atom. The first-order chi connectivity index (χ1) is 24.7. The first kappa shape index (κ1) is 42.7. The Morgan fingerprint density at radius 1 is 0.745 bits per heavy atom. The Kier molecular flexibility index (Phi) is 18.7. The molecular weight excluding hydrogens is 621 g/mol. The SMILES string of the molecule is CCCCCCCC/C=C\CCCCCCCCCCCC(=O)OC1CCC2(C)C(=CCC3C2CCC2(C)C(C(C)CCCC(C)C)CCC32)C1. The van der Waals surface area contributed by atoms with Gasteiger partial charge in [0, 0.05) is 12.8 Å². The molecule has 2 heteroatoms. The van der Waals surface area contributed by atoms with Crippen molar-refractivity contribution in [2.24, 2.45) is 46.3 Å². The zero-order valence-corrected chi connectivity index (χ0v) is 35.1. The summed E-state index contributed by atoms with van der Waals surface area (Å²) >= 11 is 0. The number of carbonyl (C=O) groups is 1. The minimum absolute atomic E-state index is 0.0619. The summed E-state index contributed by atoms with van der Waals surface area (Å²) in [6, 6.07) is 0. The van der Waals surface area contributed by atoms with Crippen LogP contribution in [0.3, 0.4) is 0 Å². The maximum absolute atomic E-state index is 12.9. The summed E-state index contributed by atoms with van der Waals surface area (Å²) in [5.41, 5.74) is 2.53. The Balaban J connectivity index is 1.04. The summed E-state index contributed by atoms with van der Waals surface area (Å²) in [7, 11) is 0. The quantitative estimate of drug-likeness (QED) is 0.0537. The normalized spacial score (nSPS) is 31.0. The minimum Gasteiger partial charge on any atom is -0.462 e. The summed E-state index contributed by atoms with van der Waals surface area (Å²) in [6.07, 6.45) is 45.4. The van der Waals surface area contributed by atoms with Crippen molar-refractivity contribution in [3.63, 3.8) is 0 Å². The molecule has 0 N–H and O–H groups in total. The molecule has 0 aromatic heterocycles. The maximum Gasteiger partial charge on any atom is 0.306 e. The zero-order valence-electron chi connectivity index (χ0n) is 35.1. The lowest BCUT2D eigenvalue weighted by atomic mass is 9.47. The molecule has 0 amide bonds. The summed E-state index contributed by atoms with van der Waals surface area (Å²) in [5.74, 6) is 5.32. The average molecular weight is 707 g/mol. The highest BCUT2D eigenvalue weighted by molar-refractivity contribution is 5.69. The second-order valence-corrected chi connectivity index (χ2v) is 19.4. The van der Waals surface area contributed by atoms with E-state index in [0.717, 1.165) is 54.8 Å².